The van der Waals surface area contributed by atoms with Crippen LogP contribution in [-0.4, -0.2) is 5.11 Å². The standard InChI is InChI=1S/C10H10F2O/c1-6-4-7(11)5-8(9(6)12)10(13)2-3-10/h4-5,13H,2-3H2,1H3. The highest BCUT2D eigenvalue weighted by Gasteiger charge is 2.44. The van der Waals surface area contributed by atoms with Crippen molar-refractivity contribution < 1.29 is 13.9 Å². The molecule has 1 aromatic rings. The summed E-state index contributed by atoms with van der Waals surface area (Å²) in [4.78, 5) is 0. The molecule has 3 heteroatoms. The zero-order chi connectivity index (χ0) is 9.64. The van der Waals surface area contributed by atoms with Crippen LogP contribution in [0.2, 0.25) is 0 Å². The van der Waals surface area contributed by atoms with Gasteiger partial charge in [-0.2, -0.15) is 0 Å². The van der Waals surface area contributed by atoms with Crippen LogP contribution >= 0.6 is 0 Å². The Morgan fingerprint density at radius 3 is 2.46 bits per heavy atom. The van der Waals surface area contributed by atoms with E-state index in [0.29, 0.717) is 12.8 Å². The summed E-state index contributed by atoms with van der Waals surface area (Å²) >= 11 is 0. The second-order valence-corrected chi connectivity index (χ2v) is 3.62. The zero-order valence-electron chi connectivity index (χ0n) is 7.27. The van der Waals surface area contributed by atoms with Gasteiger partial charge in [-0.3, -0.25) is 0 Å². The lowest BCUT2D eigenvalue weighted by molar-refractivity contribution is 0.146. The Balaban J connectivity index is 2.56. The smallest absolute Gasteiger partial charge is 0.132 e. The molecule has 0 aliphatic heterocycles. The highest BCUT2D eigenvalue weighted by atomic mass is 19.1. The van der Waals surface area contributed by atoms with E-state index in [4.69, 9.17) is 0 Å². The van der Waals surface area contributed by atoms with E-state index in [0.717, 1.165) is 12.1 Å². The average molecular weight is 184 g/mol. The molecule has 0 unspecified atom stereocenters. The SMILES string of the molecule is Cc1cc(F)cc(C2(O)CC2)c1F. The van der Waals surface area contributed by atoms with Gasteiger partial charge in [0.2, 0.25) is 0 Å². The molecule has 1 aliphatic rings. The fourth-order valence-electron chi connectivity index (χ4n) is 1.45. The predicted octanol–water partition coefficient (Wildman–Crippen LogP) is 2.25. The van der Waals surface area contributed by atoms with Crippen molar-refractivity contribution in [2.45, 2.75) is 25.4 Å². The van der Waals surface area contributed by atoms with Gasteiger partial charge in [0.05, 0.1) is 5.60 Å². The molecule has 0 atom stereocenters. The molecule has 1 aliphatic carbocycles. The minimum atomic E-state index is -1.10. The fourth-order valence-corrected chi connectivity index (χ4v) is 1.45. The summed E-state index contributed by atoms with van der Waals surface area (Å²) in [5.41, 5.74) is -0.753. The first kappa shape index (κ1) is 8.63. The predicted molar refractivity (Wildman–Crippen MR) is 44.2 cm³/mol. The van der Waals surface area contributed by atoms with Gasteiger partial charge >= 0.3 is 0 Å². The molecule has 1 N–H and O–H groups in total. The van der Waals surface area contributed by atoms with E-state index in [1.54, 1.807) is 0 Å². The Hall–Kier alpha value is -0.960. The Morgan fingerprint density at radius 1 is 1.31 bits per heavy atom. The van der Waals surface area contributed by atoms with Crippen LogP contribution in [0.3, 0.4) is 0 Å². The molecule has 0 amide bonds. The molecule has 1 fully saturated rings. The second kappa shape index (κ2) is 2.51. The number of aliphatic hydroxyl groups is 1. The quantitative estimate of drug-likeness (QED) is 0.709. The van der Waals surface area contributed by atoms with Gasteiger partial charge in [-0.1, -0.05) is 0 Å². The molecule has 0 heterocycles. The molecule has 13 heavy (non-hydrogen) atoms. The number of aryl methyl sites for hydroxylation is 1. The summed E-state index contributed by atoms with van der Waals surface area (Å²) < 4.78 is 26.3. The van der Waals surface area contributed by atoms with E-state index >= 15 is 0 Å². The summed E-state index contributed by atoms with van der Waals surface area (Å²) in [5, 5.41) is 9.62. The normalized spacial score (nSPS) is 18.8. The van der Waals surface area contributed by atoms with E-state index in [9.17, 15) is 13.9 Å². The van der Waals surface area contributed by atoms with Gasteiger partial charge in [-0.25, -0.2) is 8.78 Å². The lowest BCUT2D eigenvalue weighted by Crippen LogP contribution is -2.09. The maximum absolute atomic E-state index is 13.4. The van der Waals surface area contributed by atoms with Crippen LogP contribution in [0.25, 0.3) is 0 Å². The van der Waals surface area contributed by atoms with Crippen LogP contribution in [-0.2, 0) is 5.60 Å². The Kier molecular flexibility index (Phi) is 1.67. The van der Waals surface area contributed by atoms with Gasteiger partial charge in [0.1, 0.15) is 11.6 Å². The minimum Gasteiger partial charge on any atom is -0.385 e. The molecule has 0 aromatic heterocycles. The van der Waals surface area contributed by atoms with E-state index in [1.807, 2.05) is 0 Å². The highest BCUT2D eigenvalue weighted by Crippen LogP contribution is 2.46. The van der Waals surface area contributed by atoms with Crippen molar-refractivity contribution in [2.24, 2.45) is 0 Å². The second-order valence-electron chi connectivity index (χ2n) is 3.62. The first-order chi connectivity index (χ1) is 6.03. The number of halogens is 2. The van der Waals surface area contributed by atoms with Crippen molar-refractivity contribution in [1.29, 1.82) is 0 Å². The summed E-state index contributed by atoms with van der Waals surface area (Å²) in [6.45, 7) is 1.49. The van der Waals surface area contributed by atoms with Crippen molar-refractivity contribution >= 4 is 0 Å². The van der Waals surface area contributed by atoms with Gasteiger partial charge in [0.25, 0.3) is 0 Å². The number of rotatable bonds is 1. The summed E-state index contributed by atoms with van der Waals surface area (Å²) in [6, 6.07) is 2.21. The van der Waals surface area contributed by atoms with E-state index in [2.05, 4.69) is 0 Å². The lowest BCUT2D eigenvalue weighted by Gasteiger charge is -2.10. The first-order valence-electron chi connectivity index (χ1n) is 4.21. The Bertz CT molecular complexity index is 356. The third kappa shape index (κ3) is 1.33. The molecule has 1 aromatic carbocycles. The van der Waals surface area contributed by atoms with Crippen LogP contribution in [0.4, 0.5) is 8.78 Å². The van der Waals surface area contributed by atoms with Crippen LogP contribution < -0.4 is 0 Å². The number of hydrogen-bond acceptors (Lipinski definition) is 1. The van der Waals surface area contributed by atoms with Crippen LogP contribution in [0.1, 0.15) is 24.0 Å². The summed E-state index contributed by atoms with van der Waals surface area (Å²) in [7, 11) is 0. The van der Waals surface area contributed by atoms with Crippen LogP contribution in [0, 0.1) is 18.6 Å². The highest BCUT2D eigenvalue weighted by molar-refractivity contribution is 5.33. The van der Waals surface area contributed by atoms with Crippen molar-refractivity contribution in [2.75, 3.05) is 0 Å². The third-order valence-electron chi connectivity index (χ3n) is 2.44. The molecule has 1 nitrogen and oxygen atoms in total. The molecular formula is C10H10F2O. The monoisotopic (exact) mass is 184 g/mol. The van der Waals surface area contributed by atoms with Crippen molar-refractivity contribution in [3.8, 4) is 0 Å². The molecule has 2 rings (SSSR count). The van der Waals surface area contributed by atoms with Gasteiger partial charge in [-0.15, -0.1) is 0 Å². The maximum atomic E-state index is 13.4. The third-order valence-corrected chi connectivity index (χ3v) is 2.44. The Morgan fingerprint density at radius 2 is 1.92 bits per heavy atom. The molecule has 0 saturated heterocycles. The maximum Gasteiger partial charge on any atom is 0.132 e. The minimum absolute atomic E-state index is 0.102. The largest absolute Gasteiger partial charge is 0.385 e. The van der Waals surface area contributed by atoms with Gasteiger partial charge in [0, 0.05) is 5.56 Å². The molecule has 0 bridgehead atoms. The molecular weight excluding hydrogens is 174 g/mol. The Labute approximate surface area is 75.0 Å². The van der Waals surface area contributed by atoms with E-state index < -0.39 is 17.2 Å². The van der Waals surface area contributed by atoms with Gasteiger partial charge in [0.15, 0.2) is 0 Å². The number of hydrogen-bond donors (Lipinski definition) is 1. The van der Waals surface area contributed by atoms with Crippen molar-refractivity contribution in [1.82, 2.24) is 0 Å². The fraction of sp³-hybridized carbons (Fsp3) is 0.400. The van der Waals surface area contributed by atoms with Crippen molar-refractivity contribution in [3.63, 3.8) is 0 Å². The zero-order valence-corrected chi connectivity index (χ0v) is 7.27. The molecule has 0 radical (unpaired) electrons. The van der Waals surface area contributed by atoms with Crippen LogP contribution in [0.5, 0.6) is 0 Å². The van der Waals surface area contributed by atoms with E-state index in [-0.39, 0.29) is 11.1 Å². The topological polar surface area (TPSA) is 20.2 Å². The van der Waals surface area contributed by atoms with Crippen molar-refractivity contribution in [3.05, 3.63) is 34.9 Å². The van der Waals surface area contributed by atoms with Gasteiger partial charge < -0.3 is 5.11 Å². The van der Waals surface area contributed by atoms with Crippen LogP contribution in [0.15, 0.2) is 12.1 Å². The number of benzene rings is 1. The summed E-state index contributed by atoms with van der Waals surface area (Å²) in [5.74, 6) is -0.976. The molecule has 0 spiro atoms. The van der Waals surface area contributed by atoms with Gasteiger partial charge in [-0.05, 0) is 37.5 Å². The first-order valence-corrected chi connectivity index (χ1v) is 4.21. The summed E-state index contributed by atoms with van der Waals surface area (Å²) in [6.07, 6.45) is 1.04. The molecule has 1 saturated carbocycles. The average Bonchev–Trinajstić information content (AvgIpc) is 2.77. The lowest BCUT2D eigenvalue weighted by atomic mass is 10.0. The molecule has 70 valence electrons. The van der Waals surface area contributed by atoms with E-state index in [1.165, 1.54) is 6.92 Å².